The number of hydrogen-bond acceptors (Lipinski definition) is 3. The van der Waals surface area contributed by atoms with E-state index in [1.165, 1.54) is 0 Å². The van der Waals surface area contributed by atoms with E-state index in [0.29, 0.717) is 12.1 Å². The summed E-state index contributed by atoms with van der Waals surface area (Å²) in [6, 6.07) is 7.00. The Bertz CT molecular complexity index is 403. The van der Waals surface area contributed by atoms with E-state index in [0.717, 1.165) is 16.4 Å². The lowest BCUT2D eigenvalue weighted by atomic mass is 10.2. The van der Waals surface area contributed by atoms with E-state index in [4.69, 9.17) is 4.74 Å². The molecule has 0 aliphatic carbocycles. The Hall–Kier alpha value is -1.11. The maximum Gasteiger partial charge on any atom is 0.338 e. The highest BCUT2D eigenvalue weighted by atomic mass is 127. The first-order valence-corrected chi connectivity index (χ1v) is 6.90. The number of halogens is 1. The third-order valence-electron chi connectivity index (χ3n) is 2.27. The van der Waals surface area contributed by atoms with E-state index in [9.17, 15) is 9.59 Å². The van der Waals surface area contributed by atoms with Crippen LogP contribution in [0.2, 0.25) is 0 Å². The number of rotatable bonds is 6. The van der Waals surface area contributed by atoms with Crippen LogP contribution in [0.3, 0.4) is 0 Å². The summed E-state index contributed by atoms with van der Waals surface area (Å²) in [7, 11) is 0. The van der Waals surface area contributed by atoms with Gasteiger partial charge in [-0.05, 0) is 53.3 Å². The van der Waals surface area contributed by atoms with Crippen LogP contribution < -0.4 is 5.32 Å². The number of carbonyl (C=O) groups excluding carboxylic acids is 2. The molecule has 0 radical (unpaired) electrons. The predicted octanol–water partition coefficient (Wildman–Crippen LogP) is 2.36. The summed E-state index contributed by atoms with van der Waals surface area (Å²) in [5.41, 5.74) is 0.455. The highest BCUT2D eigenvalue weighted by Crippen LogP contribution is 2.07. The molecule has 1 N–H and O–H groups in total. The van der Waals surface area contributed by atoms with Gasteiger partial charge in [0.2, 0.25) is 0 Å². The molecule has 0 aliphatic rings. The van der Waals surface area contributed by atoms with E-state index in [2.05, 4.69) is 27.9 Å². The molecule has 5 heteroatoms. The van der Waals surface area contributed by atoms with Crippen LogP contribution >= 0.6 is 22.6 Å². The molecule has 0 fully saturated rings. The van der Waals surface area contributed by atoms with Gasteiger partial charge in [0.15, 0.2) is 6.61 Å². The Kier molecular flexibility index (Phi) is 6.70. The molecule has 0 aromatic heterocycles. The summed E-state index contributed by atoms with van der Waals surface area (Å²) in [6.07, 6.45) is 1.94. The SMILES string of the molecule is CCCCNC(=O)COC(=O)c1ccc(I)cc1. The van der Waals surface area contributed by atoms with Crippen LogP contribution in [0.25, 0.3) is 0 Å². The van der Waals surface area contributed by atoms with Crippen molar-refractivity contribution in [2.45, 2.75) is 19.8 Å². The van der Waals surface area contributed by atoms with Crippen molar-refractivity contribution in [2.24, 2.45) is 0 Å². The van der Waals surface area contributed by atoms with Crippen LogP contribution in [-0.2, 0) is 9.53 Å². The molecule has 0 heterocycles. The minimum atomic E-state index is -0.475. The Balaban J connectivity index is 2.32. The van der Waals surface area contributed by atoms with Gasteiger partial charge >= 0.3 is 5.97 Å². The molecular weight excluding hydrogens is 345 g/mol. The second-order valence-electron chi connectivity index (χ2n) is 3.79. The molecule has 1 aromatic rings. The van der Waals surface area contributed by atoms with Gasteiger partial charge in [-0.2, -0.15) is 0 Å². The normalized spacial score (nSPS) is 9.89. The molecule has 0 bridgehead atoms. The van der Waals surface area contributed by atoms with E-state index in [1.54, 1.807) is 12.1 Å². The number of unbranched alkanes of at least 4 members (excludes halogenated alkanes) is 1. The standard InChI is InChI=1S/C13H16INO3/c1-2-3-8-15-12(16)9-18-13(17)10-4-6-11(14)7-5-10/h4-7H,2-3,8-9H2,1H3,(H,15,16). The van der Waals surface area contributed by atoms with E-state index < -0.39 is 5.97 Å². The molecular formula is C13H16INO3. The summed E-state index contributed by atoms with van der Waals surface area (Å²) in [4.78, 5) is 22.9. The number of esters is 1. The molecule has 0 spiro atoms. The van der Waals surface area contributed by atoms with Crippen molar-refractivity contribution in [3.8, 4) is 0 Å². The zero-order valence-corrected chi connectivity index (χ0v) is 12.4. The number of carbonyl (C=O) groups is 2. The maximum atomic E-state index is 11.6. The Morgan fingerprint density at radius 2 is 1.94 bits per heavy atom. The van der Waals surface area contributed by atoms with E-state index >= 15 is 0 Å². The van der Waals surface area contributed by atoms with Gasteiger partial charge in [-0.25, -0.2) is 4.79 Å². The monoisotopic (exact) mass is 361 g/mol. The Morgan fingerprint density at radius 3 is 2.56 bits per heavy atom. The highest BCUT2D eigenvalue weighted by molar-refractivity contribution is 14.1. The van der Waals surface area contributed by atoms with Crippen molar-refractivity contribution in [3.63, 3.8) is 0 Å². The van der Waals surface area contributed by atoms with Gasteiger partial charge in [-0.1, -0.05) is 13.3 Å². The molecule has 0 aliphatic heterocycles. The Morgan fingerprint density at radius 1 is 1.28 bits per heavy atom. The fraction of sp³-hybridized carbons (Fsp3) is 0.385. The van der Waals surface area contributed by atoms with E-state index in [-0.39, 0.29) is 12.5 Å². The predicted molar refractivity (Wildman–Crippen MR) is 77.4 cm³/mol. The molecule has 0 atom stereocenters. The molecule has 0 saturated heterocycles. The lowest BCUT2D eigenvalue weighted by Gasteiger charge is -2.06. The van der Waals surface area contributed by atoms with Crippen LogP contribution in [0.15, 0.2) is 24.3 Å². The molecule has 4 nitrogen and oxygen atoms in total. The first kappa shape index (κ1) is 14.9. The largest absolute Gasteiger partial charge is 0.452 e. The fourth-order valence-electron chi connectivity index (χ4n) is 1.26. The van der Waals surface area contributed by atoms with Gasteiger partial charge in [0.25, 0.3) is 5.91 Å². The summed E-state index contributed by atoms with van der Waals surface area (Å²) < 4.78 is 5.95. The molecule has 0 saturated carbocycles. The second-order valence-corrected chi connectivity index (χ2v) is 5.03. The summed E-state index contributed by atoms with van der Waals surface area (Å²) in [6.45, 7) is 2.44. The fourth-order valence-corrected chi connectivity index (χ4v) is 1.62. The molecule has 1 amide bonds. The average molecular weight is 361 g/mol. The van der Waals surface area contributed by atoms with Gasteiger partial charge in [0.05, 0.1) is 5.56 Å². The number of hydrogen-bond donors (Lipinski definition) is 1. The molecule has 0 unspecified atom stereocenters. The highest BCUT2D eigenvalue weighted by Gasteiger charge is 2.09. The van der Waals surface area contributed by atoms with Gasteiger partial charge in [-0.15, -0.1) is 0 Å². The van der Waals surface area contributed by atoms with Crippen molar-refractivity contribution in [1.29, 1.82) is 0 Å². The van der Waals surface area contributed by atoms with Crippen LogP contribution in [0, 0.1) is 3.57 Å². The molecule has 1 rings (SSSR count). The maximum absolute atomic E-state index is 11.6. The van der Waals surface area contributed by atoms with Crippen molar-refractivity contribution in [1.82, 2.24) is 5.32 Å². The number of nitrogens with one attached hydrogen (secondary N) is 1. The molecule has 1 aromatic carbocycles. The van der Waals surface area contributed by atoms with Gasteiger partial charge in [0.1, 0.15) is 0 Å². The van der Waals surface area contributed by atoms with Gasteiger partial charge in [0, 0.05) is 10.1 Å². The third kappa shape index (κ3) is 5.48. The smallest absolute Gasteiger partial charge is 0.338 e. The van der Waals surface area contributed by atoms with Crippen LogP contribution in [0.5, 0.6) is 0 Å². The summed E-state index contributed by atoms with van der Waals surface area (Å²) in [5, 5.41) is 2.68. The van der Waals surface area contributed by atoms with Gasteiger partial charge in [-0.3, -0.25) is 4.79 Å². The zero-order chi connectivity index (χ0) is 13.4. The number of benzene rings is 1. The average Bonchev–Trinajstić information content (AvgIpc) is 2.37. The first-order valence-electron chi connectivity index (χ1n) is 5.83. The third-order valence-corrected chi connectivity index (χ3v) is 2.99. The summed E-state index contributed by atoms with van der Waals surface area (Å²) in [5.74, 6) is -0.737. The van der Waals surface area contributed by atoms with Crippen molar-refractivity contribution in [3.05, 3.63) is 33.4 Å². The minimum Gasteiger partial charge on any atom is -0.452 e. The summed E-state index contributed by atoms with van der Waals surface area (Å²) >= 11 is 2.15. The van der Waals surface area contributed by atoms with Crippen LogP contribution in [0.4, 0.5) is 0 Å². The molecule has 98 valence electrons. The zero-order valence-electron chi connectivity index (χ0n) is 10.2. The topological polar surface area (TPSA) is 55.4 Å². The number of amides is 1. The van der Waals surface area contributed by atoms with Crippen molar-refractivity contribution >= 4 is 34.5 Å². The lowest BCUT2D eigenvalue weighted by Crippen LogP contribution is -2.29. The van der Waals surface area contributed by atoms with Crippen molar-refractivity contribution in [2.75, 3.05) is 13.2 Å². The first-order chi connectivity index (χ1) is 8.63. The van der Waals surface area contributed by atoms with Crippen LogP contribution in [-0.4, -0.2) is 25.0 Å². The van der Waals surface area contributed by atoms with Crippen molar-refractivity contribution < 1.29 is 14.3 Å². The van der Waals surface area contributed by atoms with Crippen LogP contribution in [0.1, 0.15) is 30.1 Å². The molecule has 18 heavy (non-hydrogen) atoms. The van der Waals surface area contributed by atoms with E-state index in [1.807, 2.05) is 19.1 Å². The lowest BCUT2D eigenvalue weighted by molar-refractivity contribution is -0.124. The Labute approximate surface area is 120 Å². The quantitative estimate of drug-likeness (QED) is 0.481. The number of ether oxygens (including phenoxy) is 1. The minimum absolute atomic E-state index is 0.228. The second kappa shape index (κ2) is 8.07. The van der Waals surface area contributed by atoms with Gasteiger partial charge < -0.3 is 10.1 Å².